The van der Waals surface area contributed by atoms with Crippen molar-refractivity contribution >= 4 is 29.3 Å². The van der Waals surface area contributed by atoms with Crippen LogP contribution in [0.25, 0.3) is 0 Å². The Morgan fingerprint density at radius 1 is 1.44 bits per heavy atom. The van der Waals surface area contributed by atoms with E-state index in [1.807, 2.05) is 4.90 Å². The number of fused-ring (bicyclic) bond motifs is 1. The average molecular weight is 263 g/mol. The highest BCUT2D eigenvalue weighted by Crippen LogP contribution is 2.39. The normalized spacial score (nSPS) is 18.7. The molecule has 1 fully saturated rings. The molecule has 0 radical (unpaired) electrons. The molecule has 1 amide bonds. The van der Waals surface area contributed by atoms with Crippen molar-refractivity contribution in [2.24, 2.45) is 5.92 Å². The van der Waals surface area contributed by atoms with E-state index in [0.717, 1.165) is 17.1 Å². The van der Waals surface area contributed by atoms with Crippen molar-refractivity contribution in [2.75, 3.05) is 17.2 Å². The SMILES string of the molecule is O=C(O)c1ccc2c(c1)SCC(=O)N2CC1CC1. The van der Waals surface area contributed by atoms with Crippen LogP contribution in [0.3, 0.4) is 0 Å². The number of hydrogen-bond donors (Lipinski definition) is 1. The number of thioether (sulfide) groups is 1. The molecule has 18 heavy (non-hydrogen) atoms. The maximum atomic E-state index is 11.9. The molecule has 0 bridgehead atoms. The lowest BCUT2D eigenvalue weighted by molar-refractivity contribution is -0.116. The van der Waals surface area contributed by atoms with Gasteiger partial charge in [0, 0.05) is 11.4 Å². The Balaban J connectivity index is 1.95. The predicted octanol–water partition coefficient (Wildman–Crippen LogP) is 2.23. The molecule has 0 saturated heterocycles. The molecule has 1 saturated carbocycles. The van der Waals surface area contributed by atoms with Gasteiger partial charge in [-0.3, -0.25) is 4.79 Å². The van der Waals surface area contributed by atoms with Crippen LogP contribution in [0, 0.1) is 5.92 Å². The van der Waals surface area contributed by atoms with Crippen molar-refractivity contribution < 1.29 is 14.7 Å². The third-order valence-electron chi connectivity index (χ3n) is 3.29. The summed E-state index contributed by atoms with van der Waals surface area (Å²) in [6, 6.07) is 4.99. The summed E-state index contributed by atoms with van der Waals surface area (Å²) in [6.45, 7) is 0.777. The third-order valence-corrected chi connectivity index (χ3v) is 4.32. The standard InChI is InChI=1S/C13H13NO3S/c15-12-7-18-11-5-9(13(16)17)3-4-10(11)14(12)6-8-1-2-8/h3-5,8H,1-2,6-7H2,(H,16,17). The Kier molecular flexibility index (Phi) is 2.78. The first kappa shape index (κ1) is 11.6. The lowest BCUT2D eigenvalue weighted by atomic mass is 10.2. The van der Waals surface area contributed by atoms with Crippen LogP contribution in [-0.2, 0) is 4.79 Å². The molecule has 0 unspecified atom stereocenters. The average Bonchev–Trinajstić information content (AvgIpc) is 3.16. The van der Waals surface area contributed by atoms with Crippen molar-refractivity contribution in [3.63, 3.8) is 0 Å². The molecule has 0 aromatic heterocycles. The molecular formula is C13H13NO3S. The second-order valence-corrected chi connectivity index (χ2v) is 5.74. The summed E-state index contributed by atoms with van der Waals surface area (Å²) in [6.07, 6.45) is 2.39. The number of carbonyl (C=O) groups excluding carboxylic acids is 1. The smallest absolute Gasteiger partial charge is 0.335 e. The monoisotopic (exact) mass is 263 g/mol. The molecule has 4 nitrogen and oxygen atoms in total. The first-order chi connectivity index (χ1) is 8.65. The van der Waals surface area contributed by atoms with E-state index in [9.17, 15) is 9.59 Å². The molecule has 1 aliphatic carbocycles. The Labute approximate surface area is 109 Å². The van der Waals surface area contributed by atoms with Crippen molar-refractivity contribution in [1.82, 2.24) is 0 Å². The van der Waals surface area contributed by atoms with Gasteiger partial charge in [0.15, 0.2) is 0 Å². The van der Waals surface area contributed by atoms with Gasteiger partial charge in [0.2, 0.25) is 5.91 Å². The molecule has 0 atom stereocenters. The molecule has 5 heteroatoms. The quantitative estimate of drug-likeness (QED) is 0.908. The number of nitrogens with zero attached hydrogens (tertiary/aromatic N) is 1. The van der Waals surface area contributed by atoms with E-state index >= 15 is 0 Å². The number of aromatic carboxylic acids is 1. The Morgan fingerprint density at radius 2 is 2.22 bits per heavy atom. The zero-order chi connectivity index (χ0) is 12.7. The van der Waals surface area contributed by atoms with E-state index < -0.39 is 5.97 Å². The maximum Gasteiger partial charge on any atom is 0.335 e. The maximum absolute atomic E-state index is 11.9. The van der Waals surface area contributed by atoms with Crippen LogP contribution in [0.5, 0.6) is 0 Å². The van der Waals surface area contributed by atoms with E-state index in [1.54, 1.807) is 18.2 Å². The largest absolute Gasteiger partial charge is 0.478 e. The minimum atomic E-state index is -0.927. The highest BCUT2D eigenvalue weighted by atomic mass is 32.2. The number of carboxylic acid groups (broad SMARTS) is 1. The molecule has 3 rings (SSSR count). The zero-order valence-corrected chi connectivity index (χ0v) is 10.6. The van der Waals surface area contributed by atoms with E-state index in [0.29, 0.717) is 11.7 Å². The Hall–Kier alpha value is -1.49. The van der Waals surface area contributed by atoms with Crippen LogP contribution in [0.1, 0.15) is 23.2 Å². The molecule has 1 aromatic carbocycles. The van der Waals surface area contributed by atoms with E-state index in [-0.39, 0.29) is 11.5 Å². The van der Waals surface area contributed by atoms with E-state index in [2.05, 4.69) is 0 Å². The van der Waals surface area contributed by atoms with Crippen LogP contribution in [-0.4, -0.2) is 29.3 Å². The van der Waals surface area contributed by atoms with Crippen LogP contribution in [0.4, 0.5) is 5.69 Å². The summed E-state index contributed by atoms with van der Waals surface area (Å²) < 4.78 is 0. The van der Waals surface area contributed by atoms with E-state index in [1.165, 1.54) is 24.6 Å². The first-order valence-electron chi connectivity index (χ1n) is 5.95. The van der Waals surface area contributed by atoms with Gasteiger partial charge >= 0.3 is 5.97 Å². The van der Waals surface area contributed by atoms with Gasteiger partial charge in [0.05, 0.1) is 17.0 Å². The highest BCUT2D eigenvalue weighted by molar-refractivity contribution is 8.00. The summed E-state index contributed by atoms with van der Waals surface area (Å²) >= 11 is 1.43. The molecule has 1 N–H and O–H groups in total. The Bertz CT molecular complexity index is 525. The van der Waals surface area contributed by atoms with Gasteiger partial charge in [-0.1, -0.05) is 0 Å². The molecule has 94 valence electrons. The topological polar surface area (TPSA) is 57.6 Å². The number of benzene rings is 1. The van der Waals surface area contributed by atoms with Gasteiger partial charge in [-0.25, -0.2) is 4.79 Å². The van der Waals surface area contributed by atoms with Crippen LogP contribution >= 0.6 is 11.8 Å². The summed E-state index contributed by atoms with van der Waals surface area (Å²) in [7, 11) is 0. The van der Waals surface area contributed by atoms with Gasteiger partial charge < -0.3 is 10.0 Å². The van der Waals surface area contributed by atoms with Crippen LogP contribution in [0.2, 0.25) is 0 Å². The van der Waals surface area contributed by atoms with Crippen LogP contribution < -0.4 is 4.90 Å². The summed E-state index contributed by atoms with van der Waals surface area (Å²) in [5.41, 5.74) is 1.15. The molecule has 1 aliphatic heterocycles. The van der Waals surface area contributed by atoms with Gasteiger partial charge in [-0.2, -0.15) is 0 Å². The molecule has 2 aliphatic rings. The number of anilines is 1. The van der Waals surface area contributed by atoms with Crippen LogP contribution in [0.15, 0.2) is 23.1 Å². The Morgan fingerprint density at radius 3 is 2.89 bits per heavy atom. The van der Waals surface area contributed by atoms with Gasteiger partial charge in [-0.15, -0.1) is 11.8 Å². The summed E-state index contributed by atoms with van der Waals surface area (Å²) in [5, 5.41) is 8.97. The highest BCUT2D eigenvalue weighted by Gasteiger charge is 2.31. The lowest BCUT2D eigenvalue weighted by Gasteiger charge is -2.29. The first-order valence-corrected chi connectivity index (χ1v) is 6.94. The number of carbonyl (C=O) groups is 2. The number of rotatable bonds is 3. The zero-order valence-electron chi connectivity index (χ0n) is 9.76. The third kappa shape index (κ3) is 2.10. The number of hydrogen-bond acceptors (Lipinski definition) is 3. The minimum Gasteiger partial charge on any atom is -0.478 e. The molecule has 1 aromatic rings. The van der Waals surface area contributed by atoms with Crippen molar-refractivity contribution in [3.8, 4) is 0 Å². The van der Waals surface area contributed by atoms with Gasteiger partial charge in [0.25, 0.3) is 0 Å². The fraction of sp³-hybridized carbons (Fsp3) is 0.385. The molecule has 1 heterocycles. The predicted molar refractivity (Wildman–Crippen MR) is 69.2 cm³/mol. The van der Waals surface area contributed by atoms with Crippen molar-refractivity contribution in [2.45, 2.75) is 17.7 Å². The summed E-state index contributed by atoms with van der Waals surface area (Å²) in [4.78, 5) is 25.6. The fourth-order valence-electron chi connectivity index (χ4n) is 2.10. The van der Waals surface area contributed by atoms with Crippen molar-refractivity contribution in [3.05, 3.63) is 23.8 Å². The second kappa shape index (κ2) is 4.31. The fourth-order valence-corrected chi connectivity index (χ4v) is 3.07. The summed E-state index contributed by atoms with van der Waals surface area (Å²) in [5.74, 6) is 0.235. The van der Waals surface area contributed by atoms with E-state index in [4.69, 9.17) is 5.11 Å². The molecular weight excluding hydrogens is 250 g/mol. The minimum absolute atomic E-state index is 0.127. The molecule has 0 spiro atoms. The lowest BCUT2D eigenvalue weighted by Crippen LogP contribution is -2.37. The number of amides is 1. The van der Waals surface area contributed by atoms with Gasteiger partial charge in [0.1, 0.15) is 0 Å². The number of carboxylic acids is 1. The van der Waals surface area contributed by atoms with Gasteiger partial charge in [-0.05, 0) is 37.0 Å². The second-order valence-electron chi connectivity index (χ2n) is 4.72. The van der Waals surface area contributed by atoms with Crippen molar-refractivity contribution in [1.29, 1.82) is 0 Å².